The van der Waals surface area contributed by atoms with E-state index in [9.17, 15) is 4.39 Å². The Kier molecular flexibility index (Phi) is 3.67. The first-order valence-corrected chi connectivity index (χ1v) is 7.89. The number of fused-ring (bicyclic) bond motifs is 1. The second kappa shape index (κ2) is 5.31. The molecular weight excluding hydrogens is 341 g/mol. The molecule has 0 aliphatic carbocycles. The van der Waals surface area contributed by atoms with E-state index >= 15 is 0 Å². The molecule has 20 heavy (non-hydrogen) atoms. The summed E-state index contributed by atoms with van der Waals surface area (Å²) in [6.07, 6.45) is 0.708. The van der Waals surface area contributed by atoms with Crippen LogP contribution < -0.4 is 5.73 Å². The summed E-state index contributed by atoms with van der Waals surface area (Å²) >= 11 is 5.09. The van der Waals surface area contributed by atoms with Crippen molar-refractivity contribution in [3.8, 4) is 0 Å². The van der Waals surface area contributed by atoms with Crippen LogP contribution in [0.2, 0.25) is 0 Å². The third-order valence-corrected chi connectivity index (χ3v) is 5.03. The van der Waals surface area contributed by atoms with E-state index in [2.05, 4.69) is 22.0 Å². The molecule has 2 heterocycles. The quantitative estimate of drug-likeness (QED) is 0.723. The van der Waals surface area contributed by atoms with Gasteiger partial charge in [-0.3, -0.25) is 0 Å². The Hall–Kier alpha value is -1.17. The number of hydrogen-bond acceptors (Lipinski definition) is 3. The molecule has 0 amide bonds. The average molecular weight is 354 g/mol. The van der Waals surface area contributed by atoms with Gasteiger partial charge in [-0.15, -0.1) is 11.3 Å². The van der Waals surface area contributed by atoms with Crippen molar-refractivity contribution in [2.24, 2.45) is 5.73 Å². The number of benzene rings is 1. The highest BCUT2D eigenvalue weighted by Crippen LogP contribution is 2.32. The fourth-order valence-electron chi connectivity index (χ4n) is 2.34. The van der Waals surface area contributed by atoms with Crippen molar-refractivity contribution >= 4 is 38.2 Å². The minimum atomic E-state index is -0.260. The number of nitrogens with two attached hydrogens (primary N) is 1. The molecule has 1 atom stereocenters. The van der Waals surface area contributed by atoms with Crippen LogP contribution in [0, 0.1) is 12.7 Å². The summed E-state index contributed by atoms with van der Waals surface area (Å²) in [6.45, 7) is 1.92. The number of halogens is 2. The van der Waals surface area contributed by atoms with E-state index in [0.29, 0.717) is 12.0 Å². The molecule has 0 aliphatic rings. The van der Waals surface area contributed by atoms with Gasteiger partial charge in [0.2, 0.25) is 0 Å². The van der Waals surface area contributed by atoms with Gasteiger partial charge < -0.3 is 10.2 Å². The molecule has 0 bridgehead atoms. The molecule has 2 nitrogen and oxygen atoms in total. The van der Waals surface area contributed by atoms with Gasteiger partial charge in [-0.25, -0.2) is 4.39 Å². The van der Waals surface area contributed by atoms with Gasteiger partial charge in [0, 0.05) is 32.1 Å². The van der Waals surface area contributed by atoms with Gasteiger partial charge in [-0.2, -0.15) is 0 Å². The Morgan fingerprint density at radius 2 is 2.20 bits per heavy atom. The molecule has 2 aromatic heterocycles. The van der Waals surface area contributed by atoms with Gasteiger partial charge in [0.1, 0.15) is 17.2 Å². The number of thiophene rings is 1. The zero-order valence-electron chi connectivity index (χ0n) is 10.8. The molecule has 0 saturated heterocycles. The van der Waals surface area contributed by atoms with E-state index in [1.165, 1.54) is 17.0 Å². The van der Waals surface area contributed by atoms with Crippen LogP contribution in [-0.4, -0.2) is 0 Å². The highest BCUT2D eigenvalue weighted by atomic mass is 79.9. The summed E-state index contributed by atoms with van der Waals surface area (Å²) < 4.78 is 20.2. The Morgan fingerprint density at radius 3 is 2.90 bits per heavy atom. The van der Waals surface area contributed by atoms with E-state index in [-0.39, 0.29) is 11.9 Å². The van der Waals surface area contributed by atoms with Gasteiger partial charge >= 0.3 is 0 Å². The summed E-state index contributed by atoms with van der Waals surface area (Å²) in [5.74, 6) is 0.471. The normalized spacial score (nSPS) is 13.0. The highest BCUT2D eigenvalue weighted by molar-refractivity contribution is 9.10. The Labute approximate surface area is 128 Å². The van der Waals surface area contributed by atoms with Gasteiger partial charge in [0.05, 0.1) is 6.04 Å². The van der Waals surface area contributed by atoms with Gasteiger partial charge in [-0.05, 0) is 47.1 Å². The third-order valence-electron chi connectivity index (χ3n) is 3.31. The van der Waals surface area contributed by atoms with Crippen LogP contribution in [0.25, 0.3) is 11.0 Å². The maximum Gasteiger partial charge on any atom is 0.134 e. The highest BCUT2D eigenvalue weighted by Gasteiger charge is 2.18. The maximum absolute atomic E-state index is 13.3. The van der Waals surface area contributed by atoms with E-state index in [4.69, 9.17) is 10.2 Å². The minimum absolute atomic E-state index is 0.226. The van der Waals surface area contributed by atoms with Gasteiger partial charge in [0.25, 0.3) is 0 Å². The molecule has 0 fully saturated rings. The van der Waals surface area contributed by atoms with Crippen LogP contribution in [-0.2, 0) is 6.42 Å². The molecular formula is C15H13BrFNOS. The number of rotatable bonds is 3. The van der Waals surface area contributed by atoms with Crippen LogP contribution in [0.1, 0.15) is 22.2 Å². The van der Waals surface area contributed by atoms with Gasteiger partial charge in [0.15, 0.2) is 0 Å². The second-order valence-corrected chi connectivity index (χ2v) is 6.69. The zero-order chi connectivity index (χ0) is 14.3. The maximum atomic E-state index is 13.3. The molecule has 0 spiro atoms. The Morgan fingerprint density at radius 1 is 1.40 bits per heavy atom. The first-order chi connectivity index (χ1) is 9.54. The van der Waals surface area contributed by atoms with Crippen LogP contribution in [0.4, 0.5) is 4.39 Å². The Bertz CT molecular complexity index is 764. The first-order valence-electron chi connectivity index (χ1n) is 6.21. The molecule has 1 aromatic carbocycles. The first kappa shape index (κ1) is 13.8. The van der Waals surface area contributed by atoms with Crippen LogP contribution in [0.5, 0.6) is 0 Å². The summed E-state index contributed by atoms with van der Waals surface area (Å²) in [4.78, 5) is 1.19. The fraction of sp³-hybridized carbons (Fsp3) is 0.200. The van der Waals surface area contributed by atoms with E-state index in [0.717, 1.165) is 21.2 Å². The summed E-state index contributed by atoms with van der Waals surface area (Å²) in [6, 6.07) is 6.37. The van der Waals surface area contributed by atoms with E-state index in [1.54, 1.807) is 17.4 Å². The Balaban J connectivity index is 1.95. The van der Waals surface area contributed by atoms with Gasteiger partial charge in [-0.1, -0.05) is 0 Å². The van der Waals surface area contributed by atoms with Crippen LogP contribution in [0.15, 0.2) is 38.5 Å². The smallest absolute Gasteiger partial charge is 0.134 e. The zero-order valence-corrected chi connectivity index (χ0v) is 13.2. The molecule has 3 rings (SSSR count). The SMILES string of the molecule is Cc1c(C(N)Cc2cc(Br)cs2)oc2ccc(F)cc12. The lowest BCUT2D eigenvalue weighted by Gasteiger charge is -2.08. The van der Waals surface area contributed by atoms with Crippen LogP contribution >= 0.6 is 27.3 Å². The van der Waals surface area contributed by atoms with E-state index < -0.39 is 0 Å². The number of furan rings is 1. The molecule has 3 aromatic rings. The topological polar surface area (TPSA) is 39.2 Å². The molecule has 5 heteroatoms. The van der Waals surface area contributed by atoms with Crippen molar-refractivity contribution in [1.82, 2.24) is 0 Å². The number of aryl methyl sites for hydroxylation is 1. The van der Waals surface area contributed by atoms with Crippen molar-refractivity contribution in [1.29, 1.82) is 0 Å². The second-order valence-electron chi connectivity index (χ2n) is 4.77. The predicted molar refractivity (Wildman–Crippen MR) is 83.6 cm³/mol. The number of hydrogen-bond donors (Lipinski definition) is 1. The van der Waals surface area contributed by atoms with Crippen molar-refractivity contribution in [3.63, 3.8) is 0 Å². The van der Waals surface area contributed by atoms with Crippen molar-refractivity contribution in [2.75, 3.05) is 0 Å². The standard InChI is InChI=1S/C15H13BrFNOS/c1-8-12-5-10(17)2-3-14(12)19-15(8)13(18)6-11-4-9(16)7-20-11/h2-5,7,13H,6,18H2,1H3. The summed E-state index contributed by atoms with van der Waals surface area (Å²) in [7, 11) is 0. The largest absolute Gasteiger partial charge is 0.459 e. The molecule has 1 unspecified atom stereocenters. The summed E-state index contributed by atoms with van der Waals surface area (Å²) in [5.41, 5.74) is 7.84. The fourth-order valence-corrected chi connectivity index (χ4v) is 3.85. The molecule has 104 valence electrons. The third kappa shape index (κ3) is 2.53. The lowest BCUT2D eigenvalue weighted by molar-refractivity contribution is 0.491. The van der Waals surface area contributed by atoms with Crippen molar-refractivity contribution in [3.05, 3.63) is 56.1 Å². The minimum Gasteiger partial charge on any atom is -0.459 e. The lowest BCUT2D eigenvalue weighted by Crippen LogP contribution is -2.12. The molecule has 2 N–H and O–H groups in total. The monoisotopic (exact) mass is 353 g/mol. The lowest BCUT2D eigenvalue weighted by atomic mass is 10.1. The van der Waals surface area contributed by atoms with Crippen LogP contribution in [0.3, 0.4) is 0 Å². The van der Waals surface area contributed by atoms with Crippen molar-refractivity contribution in [2.45, 2.75) is 19.4 Å². The summed E-state index contributed by atoms with van der Waals surface area (Å²) in [5, 5.41) is 2.82. The molecule has 0 radical (unpaired) electrons. The van der Waals surface area contributed by atoms with Crippen molar-refractivity contribution < 1.29 is 8.81 Å². The molecule has 0 aliphatic heterocycles. The molecule has 0 saturated carbocycles. The predicted octanol–water partition coefficient (Wildman–Crippen LogP) is 4.95. The average Bonchev–Trinajstić information content (AvgIpc) is 2.94. The van der Waals surface area contributed by atoms with E-state index in [1.807, 2.05) is 12.3 Å².